The van der Waals surface area contributed by atoms with Crippen molar-refractivity contribution in [1.82, 2.24) is 9.80 Å². The van der Waals surface area contributed by atoms with Crippen molar-refractivity contribution < 1.29 is 35.9 Å². The fourth-order valence-corrected chi connectivity index (χ4v) is 6.75. The third kappa shape index (κ3) is 4.30. The average Bonchev–Trinajstić information content (AvgIpc) is 3.37. The number of aryl methyl sites for hydroxylation is 2. The lowest BCUT2D eigenvalue weighted by molar-refractivity contribution is -0.228. The average molecular weight is 553 g/mol. The topological polar surface area (TPSA) is 40.6 Å². The molecule has 2 heterocycles. The predicted molar refractivity (Wildman–Crippen MR) is 132 cm³/mol. The Balaban J connectivity index is 1.57. The molecule has 2 aromatic carbocycles. The summed E-state index contributed by atoms with van der Waals surface area (Å²) in [5, 5.41) is 0. The van der Waals surface area contributed by atoms with Crippen molar-refractivity contribution in [3.8, 4) is 0 Å². The molecule has 210 valence electrons. The quantitative estimate of drug-likeness (QED) is 0.472. The first-order valence-corrected chi connectivity index (χ1v) is 13.0. The van der Waals surface area contributed by atoms with Crippen LogP contribution in [0.15, 0.2) is 36.4 Å². The molecule has 0 spiro atoms. The molecule has 10 heteroatoms. The molecule has 0 N–H and O–H groups in total. The molecule has 3 unspecified atom stereocenters. The number of hydrogen-bond acceptors (Lipinski definition) is 2. The van der Waals surface area contributed by atoms with E-state index in [-0.39, 0.29) is 24.2 Å². The van der Waals surface area contributed by atoms with Crippen molar-refractivity contribution in [3.63, 3.8) is 0 Å². The molecule has 0 bridgehead atoms. The van der Waals surface area contributed by atoms with Gasteiger partial charge in [0.05, 0.1) is 0 Å². The fraction of sp³-hybridized carbons (Fsp3) is 0.517. The van der Waals surface area contributed by atoms with Gasteiger partial charge in [-0.05, 0) is 73.4 Å². The van der Waals surface area contributed by atoms with Crippen molar-refractivity contribution in [3.05, 3.63) is 70.0 Å². The molecule has 1 aliphatic carbocycles. The number of likely N-dealkylation sites (tertiary alicyclic amines) is 2. The van der Waals surface area contributed by atoms with E-state index < -0.39 is 40.9 Å². The van der Waals surface area contributed by atoms with Gasteiger partial charge < -0.3 is 9.80 Å². The van der Waals surface area contributed by atoms with E-state index >= 15 is 0 Å². The lowest BCUT2D eigenvalue weighted by Gasteiger charge is -2.44. The van der Waals surface area contributed by atoms with Crippen LogP contribution >= 0.6 is 0 Å². The van der Waals surface area contributed by atoms with E-state index in [1.165, 1.54) is 25.2 Å². The number of rotatable bonds is 4. The molecule has 39 heavy (non-hydrogen) atoms. The van der Waals surface area contributed by atoms with E-state index in [1.807, 2.05) is 0 Å². The zero-order valence-corrected chi connectivity index (χ0v) is 21.9. The van der Waals surface area contributed by atoms with Crippen LogP contribution in [0.3, 0.4) is 0 Å². The number of carbonyl (C=O) groups excluding carboxylic acids is 2. The van der Waals surface area contributed by atoms with Gasteiger partial charge in [0.2, 0.25) is 11.6 Å². The standard InChI is InChI=1S/C29H30F6N2O2/c1-16-12-17(4-8-21(16)30)15-28-10-11-37(26(39)23-14-22(31)25(38)36(23)3)24(28)9-5-18-13-19(6-7-20(18)28)27(2,32)29(33,34)35/h4,6-8,12-13,22-24H,5,9-11,14-15H2,1-3H3/t22-,23-,24?,27?,28?/m0/s1. The van der Waals surface area contributed by atoms with E-state index in [1.54, 1.807) is 24.0 Å². The maximum Gasteiger partial charge on any atom is 0.426 e. The van der Waals surface area contributed by atoms with Crippen LogP contribution < -0.4 is 0 Å². The number of amides is 2. The first-order chi connectivity index (χ1) is 18.2. The number of nitrogens with zero attached hydrogens (tertiary/aromatic N) is 2. The van der Waals surface area contributed by atoms with Gasteiger partial charge in [0, 0.05) is 31.5 Å². The van der Waals surface area contributed by atoms with Crippen LogP contribution in [0.5, 0.6) is 0 Å². The van der Waals surface area contributed by atoms with Gasteiger partial charge in [-0.1, -0.05) is 30.3 Å². The van der Waals surface area contributed by atoms with Gasteiger partial charge in [0.1, 0.15) is 11.9 Å². The minimum atomic E-state index is -5.09. The number of fused-ring (bicyclic) bond motifs is 3. The maximum absolute atomic E-state index is 14.9. The molecule has 2 saturated heterocycles. The van der Waals surface area contributed by atoms with Gasteiger partial charge in [0.25, 0.3) is 5.91 Å². The molecule has 4 nitrogen and oxygen atoms in total. The van der Waals surface area contributed by atoms with Crippen LogP contribution in [0, 0.1) is 12.7 Å². The highest BCUT2D eigenvalue weighted by Crippen LogP contribution is 2.51. The van der Waals surface area contributed by atoms with Gasteiger partial charge in [0.15, 0.2) is 6.17 Å². The summed E-state index contributed by atoms with van der Waals surface area (Å²) in [6.07, 6.45) is -5.49. The van der Waals surface area contributed by atoms with Crippen LogP contribution in [-0.2, 0) is 33.5 Å². The minimum absolute atomic E-state index is 0.228. The van der Waals surface area contributed by atoms with Gasteiger partial charge >= 0.3 is 6.18 Å². The molecule has 0 aromatic heterocycles. The normalized spacial score (nSPS) is 28.3. The Labute approximate surface area is 223 Å². The third-order valence-electron chi connectivity index (χ3n) is 9.04. The number of hydrogen-bond donors (Lipinski definition) is 0. The summed E-state index contributed by atoms with van der Waals surface area (Å²) < 4.78 is 83.4. The zero-order chi connectivity index (χ0) is 28.5. The SMILES string of the molecule is Cc1cc(CC23CCN(C(=O)[C@@H]4C[C@H](F)C(=O)N4C)C2CCc2cc(C(C)(F)C(F)(F)F)ccc23)ccc1F. The smallest absolute Gasteiger partial charge is 0.337 e. The molecule has 0 radical (unpaired) electrons. The maximum atomic E-state index is 14.9. The third-order valence-corrected chi connectivity index (χ3v) is 9.04. The van der Waals surface area contributed by atoms with Gasteiger partial charge in [-0.25, -0.2) is 13.2 Å². The summed E-state index contributed by atoms with van der Waals surface area (Å²) in [6.45, 7) is 2.45. The Bertz CT molecular complexity index is 1330. The molecular formula is C29H30F6N2O2. The van der Waals surface area contributed by atoms with Crippen LogP contribution in [0.2, 0.25) is 0 Å². The minimum Gasteiger partial charge on any atom is -0.337 e. The van der Waals surface area contributed by atoms with Crippen molar-refractivity contribution >= 4 is 11.8 Å². The fourth-order valence-electron chi connectivity index (χ4n) is 6.75. The summed E-state index contributed by atoms with van der Waals surface area (Å²) in [5.41, 5.74) is -2.18. The number of carbonyl (C=O) groups is 2. The predicted octanol–water partition coefficient (Wildman–Crippen LogP) is 5.48. The van der Waals surface area contributed by atoms with E-state index in [0.29, 0.717) is 50.3 Å². The Morgan fingerprint density at radius 2 is 1.85 bits per heavy atom. The van der Waals surface area contributed by atoms with Gasteiger partial charge in [-0.2, -0.15) is 13.2 Å². The molecular weight excluding hydrogens is 522 g/mol. The van der Waals surface area contributed by atoms with E-state index in [0.717, 1.165) is 22.1 Å². The highest BCUT2D eigenvalue weighted by Gasteiger charge is 2.57. The molecule has 5 rings (SSSR count). The van der Waals surface area contributed by atoms with Crippen LogP contribution in [0.25, 0.3) is 0 Å². The highest BCUT2D eigenvalue weighted by molar-refractivity contribution is 5.93. The molecule has 3 aliphatic rings. The van der Waals surface area contributed by atoms with Crippen molar-refractivity contribution in [2.45, 2.75) is 81.5 Å². The van der Waals surface area contributed by atoms with Crippen LogP contribution in [-0.4, -0.2) is 59.6 Å². The second-order valence-corrected chi connectivity index (χ2v) is 11.3. The Morgan fingerprint density at radius 3 is 2.46 bits per heavy atom. The number of halogens is 6. The van der Waals surface area contributed by atoms with Crippen molar-refractivity contribution in [1.29, 1.82) is 0 Å². The number of benzene rings is 2. The van der Waals surface area contributed by atoms with E-state index in [4.69, 9.17) is 0 Å². The molecule has 2 aliphatic heterocycles. The Kier molecular flexibility index (Phi) is 6.54. The first kappa shape index (κ1) is 27.5. The lowest BCUT2D eigenvalue weighted by atomic mass is 9.63. The number of likely N-dealkylation sites (N-methyl/N-ethyl adjacent to an activating group) is 1. The molecule has 5 atom stereocenters. The molecule has 0 saturated carbocycles. The van der Waals surface area contributed by atoms with Gasteiger partial charge in [-0.3, -0.25) is 9.59 Å². The summed E-state index contributed by atoms with van der Waals surface area (Å²) >= 11 is 0. The Hall–Kier alpha value is -3.04. The Morgan fingerprint density at radius 1 is 1.13 bits per heavy atom. The number of alkyl halides is 5. The second-order valence-electron chi connectivity index (χ2n) is 11.3. The summed E-state index contributed by atoms with van der Waals surface area (Å²) in [5.74, 6) is -1.46. The molecule has 2 aromatic rings. The van der Waals surface area contributed by atoms with Gasteiger partial charge in [-0.15, -0.1) is 0 Å². The largest absolute Gasteiger partial charge is 0.426 e. The van der Waals surface area contributed by atoms with Crippen molar-refractivity contribution in [2.75, 3.05) is 13.6 Å². The second kappa shape index (κ2) is 9.27. The van der Waals surface area contributed by atoms with Crippen molar-refractivity contribution in [2.24, 2.45) is 0 Å². The zero-order valence-electron chi connectivity index (χ0n) is 21.9. The van der Waals surface area contributed by atoms with Crippen LogP contribution in [0.1, 0.15) is 54.0 Å². The molecule has 2 amide bonds. The monoisotopic (exact) mass is 552 g/mol. The van der Waals surface area contributed by atoms with E-state index in [9.17, 15) is 35.9 Å². The summed E-state index contributed by atoms with van der Waals surface area (Å²) in [4.78, 5) is 28.5. The lowest BCUT2D eigenvalue weighted by Crippen LogP contribution is -2.53. The van der Waals surface area contributed by atoms with E-state index in [2.05, 4.69) is 0 Å². The van der Waals surface area contributed by atoms with Crippen LogP contribution in [0.4, 0.5) is 26.3 Å². The highest BCUT2D eigenvalue weighted by atomic mass is 19.4. The summed E-state index contributed by atoms with van der Waals surface area (Å²) in [7, 11) is 1.40. The molecule has 2 fully saturated rings. The summed E-state index contributed by atoms with van der Waals surface area (Å²) in [6, 6.07) is 7.39. The first-order valence-electron chi connectivity index (χ1n) is 13.0.